The molecule has 2 aromatic heterocycles. The smallest absolute Gasteiger partial charge is 0.255 e. The van der Waals surface area contributed by atoms with Crippen molar-refractivity contribution in [1.82, 2.24) is 20.1 Å². The predicted molar refractivity (Wildman–Crippen MR) is 116 cm³/mol. The summed E-state index contributed by atoms with van der Waals surface area (Å²) in [6.45, 7) is 0.677. The van der Waals surface area contributed by atoms with Gasteiger partial charge in [-0.05, 0) is 42.8 Å². The van der Waals surface area contributed by atoms with E-state index in [1.807, 2.05) is 36.4 Å². The van der Waals surface area contributed by atoms with Crippen molar-refractivity contribution < 1.29 is 13.9 Å². The number of aromatic nitrogens is 3. The molecule has 156 valence electrons. The third-order valence-corrected chi connectivity index (χ3v) is 4.62. The summed E-state index contributed by atoms with van der Waals surface area (Å²) in [5, 5.41) is 7.50. The molecule has 0 radical (unpaired) electrons. The number of nitrogens with one attached hydrogen (secondary N) is 1. The van der Waals surface area contributed by atoms with Crippen molar-refractivity contribution in [3.63, 3.8) is 0 Å². The minimum Gasteiger partial charge on any atom is -0.490 e. The third kappa shape index (κ3) is 4.95. The van der Waals surface area contributed by atoms with Crippen LogP contribution < -0.4 is 10.1 Å². The van der Waals surface area contributed by atoms with Gasteiger partial charge in [-0.3, -0.25) is 9.78 Å². The molecule has 4 rings (SSSR count). The van der Waals surface area contributed by atoms with Crippen molar-refractivity contribution in [2.45, 2.75) is 6.42 Å². The number of halogens is 1. The summed E-state index contributed by atoms with van der Waals surface area (Å²) in [7, 11) is 0. The van der Waals surface area contributed by atoms with Crippen LogP contribution in [0, 0.1) is 5.82 Å². The number of para-hydroxylation sites is 2. The van der Waals surface area contributed by atoms with E-state index in [0.717, 1.165) is 11.3 Å². The van der Waals surface area contributed by atoms with Crippen LogP contribution in [0.4, 0.5) is 4.39 Å². The molecule has 0 saturated carbocycles. The van der Waals surface area contributed by atoms with E-state index in [-0.39, 0.29) is 11.7 Å². The van der Waals surface area contributed by atoms with Crippen LogP contribution >= 0.6 is 0 Å². The molecule has 7 heteroatoms. The normalized spacial score (nSPS) is 10.6. The standard InChI is InChI=1S/C24H21FN4O2/c25-21-11-4-5-12-22(21)31-15-7-14-27-24(30)20-17-29(19-9-2-1-3-10-19)28-23(20)18-8-6-13-26-16-18/h1-6,8-13,16-17H,7,14-15H2,(H,27,30). The van der Waals surface area contributed by atoms with E-state index < -0.39 is 5.82 Å². The summed E-state index contributed by atoms with van der Waals surface area (Å²) in [6, 6.07) is 19.5. The van der Waals surface area contributed by atoms with E-state index in [1.165, 1.54) is 6.07 Å². The first-order valence-corrected chi connectivity index (χ1v) is 9.93. The molecule has 2 aromatic carbocycles. The van der Waals surface area contributed by atoms with Gasteiger partial charge in [0.1, 0.15) is 5.69 Å². The average molecular weight is 416 g/mol. The Labute approximate surface area is 179 Å². The maximum Gasteiger partial charge on any atom is 0.255 e. The first-order chi connectivity index (χ1) is 15.2. The van der Waals surface area contributed by atoms with Crippen LogP contribution in [0.25, 0.3) is 16.9 Å². The molecule has 4 aromatic rings. The third-order valence-electron chi connectivity index (χ3n) is 4.62. The Morgan fingerprint density at radius 2 is 1.84 bits per heavy atom. The van der Waals surface area contributed by atoms with Gasteiger partial charge >= 0.3 is 0 Å². The Hall–Kier alpha value is -4.00. The highest BCUT2D eigenvalue weighted by Gasteiger charge is 2.18. The van der Waals surface area contributed by atoms with Gasteiger partial charge in [0.25, 0.3) is 5.91 Å². The fraction of sp³-hybridized carbons (Fsp3) is 0.125. The lowest BCUT2D eigenvalue weighted by molar-refractivity contribution is 0.0952. The molecule has 0 fully saturated rings. The van der Waals surface area contributed by atoms with E-state index >= 15 is 0 Å². The highest BCUT2D eigenvalue weighted by Crippen LogP contribution is 2.23. The number of rotatable bonds is 8. The summed E-state index contributed by atoms with van der Waals surface area (Å²) >= 11 is 0. The molecule has 0 aliphatic rings. The molecule has 1 amide bonds. The second kappa shape index (κ2) is 9.67. The predicted octanol–water partition coefficient (Wildman–Crippen LogP) is 4.27. The molecule has 2 heterocycles. The van der Waals surface area contributed by atoms with Crippen molar-refractivity contribution in [3.8, 4) is 22.7 Å². The first-order valence-electron chi connectivity index (χ1n) is 9.93. The van der Waals surface area contributed by atoms with Crippen LogP contribution in [-0.2, 0) is 0 Å². The van der Waals surface area contributed by atoms with Gasteiger partial charge in [0.15, 0.2) is 11.6 Å². The lowest BCUT2D eigenvalue weighted by atomic mass is 10.1. The molecule has 0 bridgehead atoms. The molecule has 0 unspecified atom stereocenters. The number of nitrogens with zero attached hydrogens (tertiary/aromatic N) is 3. The van der Waals surface area contributed by atoms with E-state index in [9.17, 15) is 9.18 Å². The van der Waals surface area contributed by atoms with Gasteiger partial charge in [-0.25, -0.2) is 9.07 Å². The Kier molecular flexibility index (Phi) is 6.32. The van der Waals surface area contributed by atoms with Gasteiger partial charge in [-0.2, -0.15) is 5.10 Å². The van der Waals surface area contributed by atoms with E-state index in [1.54, 1.807) is 47.5 Å². The summed E-state index contributed by atoms with van der Waals surface area (Å²) in [6.07, 6.45) is 5.60. The monoisotopic (exact) mass is 416 g/mol. The fourth-order valence-electron chi connectivity index (χ4n) is 3.08. The maximum atomic E-state index is 13.6. The van der Waals surface area contributed by atoms with Crippen molar-refractivity contribution in [2.75, 3.05) is 13.2 Å². The first kappa shape index (κ1) is 20.3. The molecule has 0 atom stereocenters. The molecule has 0 saturated heterocycles. The van der Waals surface area contributed by atoms with Crippen LogP contribution in [0.2, 0.25) is 0 Å². The second-order valence-corrected chi connectivity index (χ2v) is 6.80. The molecular formula is C24H21FN4O2. The lowest BCUT2D eigenvalue weighted by Crippen LogP contribution is -2.25. The van der Waals surface area contributed by atoms with Gasteiger partial charge in [-0.15, -0.1) is 0 Å². The van der Waals surface area contributed by atoms with Gasteiger partial charge in [-0.1, -0.05) is 30.3 Å². The largest absolute Gasteiger partial charge is 0.490 e. The zero-order valence-corrected chi connectivity index (χ0v) is 16.7. The molecule has 6 nitrogen and oxygen atoms in total. The summed E-state index contributed by atoms with van der Waals surface area (Å²) in [4.78, 5) is 17.0. The minimum atomic E-state index is -0.402. The molecule has 0 spiro atoms. The van der Waals surface area contributed by atoms with Crippen LogP contribution in [0.5, 0.6) is 5.75 Å². The Balaban J connectivity index is 1.44. The maximum absolute atomic E-state index is 13.6. The number of ether oxygens (including phenoxy) is 1. The lowest BCUT2D eigenvalue weighted by Gasteiger charge is -2.08. The molecule has 0 aliphatic carbocycles. The van der Waals surface area contributed by atoms with Crippen LogP contribution in [-0.4, -0.2) is 33.8 Å². The highest BCUT2D eigenvalue weighted by atomic mass is 19.1. The number of carbonyl (C=O) groups is 1. The van der Waals surface area contributed by atoms with Gasteiger partial charge in [0, 0.05) is 30.7 Å². The quantitative estimate of drug-likeness (QED) is 0.436. The zero-order valence-electron chi connectivity index (χ0n) is 16.7. The number of benzene rings is 2. The molecule has 1 N–H and O–H groups in total. The molecule has 31 heavy (non-hydrogen) atoms. The van der Waals surface area contributed by atoms with E-state index in [2.05, 4.69) is 15.4 Å². The number of hydrogen-bond acceptors (Lipinski definition) is 4. The van der Waals surface area contributed by atoms with Gasteiger partial charge < -0.3 is 10.1 Å². The summed E-state index contributed by atoms with van der Waals surface area (Å²) in [5.41, 5.74) is 2.61. The number of hydrogen-bond donors (Lipinski definition) is 1. The highest BCUT2D eigenvalue weighted by molar-refractivity contribution is 5.99. The minimum absolute atomic E-state index is 0.205. The van der Waals surface area contributed by atoms with E-state index in [4.69, 9.17) is 4.74 Å². The van der Waals surface area contributed by atoms with Crippen molar-refractivity contribution in [1.29, 1.82) is 0 Å². The van der Waals surface area contributed by atoms with Crippen molar-refractivity contribution in [3.05, 3.63) is 96.7 Å². The van der Waals surface area contributed by atoms with Crippen LogP contribution in [0.3, 0.4) is 0 Å². The Morgan fingerprint density at radius 3 is 2.61 bits per heavy atom. The summed E-state index contributed by atoms with van der Waals surface area (Å²) in [5.74, 6) is -0.440. The van der Waals surface area contributed by atoms with Gasteiger partial charge in [0.05, 0.1) is 17.9 Å². The van der Waals surface area contributed by atoms with Crippen molar-refractivity contribution >= 4 is 5.91 Å². The average Bonchev–Trinajstić information content (AvgIpc) is 3.27. The molecule has 0 aliphatic heterocycles. The van der Waals surface area contributed by atoms with Crippen molar-refractivity contribution in [2.24, 2.45) is 0 Å². The SMILES string of the molecule is O=C(NCCCOc1ccccc1F)c1cn(-c2ccccc2)nc1-c1cccnc1. The van der Waals surface area contributed by atoms with Gasteiger partial charge in [0.2, 0.25) is 0 Å². The van der Waals surface area contributed by atoms with E-state index in [0.29, 0.717) is 30.8 Å². The number of pyridine rings is 1. The topological polar surface area (TPSA) is 69.0 Å². The van der Waals surface area contributed by atoms with Crippen LogP contribution in [0.1, 0.15) is 16.8 Å². The number of carbonyl (C=O) groups excluding carboxylic acids is 1. The van der Waals surface area contributed by atoms with Crippen LogP contribution in [0.15, 0.2) is 85.3 Å². The second-order valence-electron chi connectivity index (χ2n) is 6.80. The fourth-order valence-corrected chi connectivity index (χ4v) is 3.08. The Morgan fingerprint density at radius 1 is 1.03 bits per heavy atom. The molecular weight excluding hydrogens is 395 g/mol. The Bertz CT molecular complexity index is 1150. The zero-order chi connectivity index (χ0) is 21.5. The summed E-state index contributed by atoms with van der Waals surface area (Å²) < 4.78 is 20.7. The number of amides is 1.